The van der Waals surface area contributed by atoms with Gasteiger partial charge in [0.15, 0.2) is 0 Å². The van der Waals surface area contributed by atoms with E-state index in [1.165, 1.54) is 18.2 Å². The Labute approximate surface area is 163 Å². The van der Waals surface area contributed by atoms with Crippen LogP contribution in [0.5, 0.6) is 5.75 Å². The fourth-order valence-electron chi connectivity index (χ4n) is 2.51. The zero-order valence-electron chi connectivity index (χ0n) is 14.5. The molecule has 146 valence electrons. The number of nitrogens with zero attached hydrogens (tertiary/aromatic N) is 3. The van der Waals surface area contributed by atoms with E-state index in [0.717, 1.165) is 23.4 Å². The van der Waals surface area contributed by atoms with Crippen LogP contribution in [0.25, 0.3) is 11.9 Å². The molecule has 0 bridgehead atoms. The standard InChI is InChI=1S/C19H14ClF4N3O/c1-12-8-15(26-27(12)11-13-6-7-25-18(20)9-13)10-17(21)14-2-4-16(5-3-14)28-19(22,23)24/h2-10H,11H2,1H3. The topological polar surface area (TPSA) is 39.9 Å². The van der Waals surface area contributed by atoms with E-state index >= 15 is 0 Å². The van der Waals surface area contributed by atoms with Crippen LogP contribution in [-0.4, -0.2) is 21.1 Å². The quantitative estimate of drug-likeness (QED) is 0.402. The van der Waals surface area contributed by atoms with E-state index in [0.29, 0.717) is 17.4 Å². The van der Waals surface area contributed by atoms with Crippen molar-refractivity contribution in [3.63, 3.8) is 0 Å². The van der Waals surface area contributed by atoms with Gasteiger partial charge >= 0.3 is 6.36 Å². The number of benzene rings is 1. The van der Waals surface area contributed by atoms with E-state index in [4.69, 9.17) is 11.6 Å². The van der Waals surface area contributed by atoms with Crippen LogP contribution >= 0.6 is 11.6 Å². The van der Waals surface area contributed by atoms with Crippen molar-refractivity contribution in [3.05, 3.63) is 76.3 Å². The van der Waals surface area contributed by atoms with Gasteiger partial charge in [-0.2, -0.15) is 5.10 Å². The number of rotatable bonds is 5. The maximum absolute atomic E-state index is 14.4. The van der Waals surface area contributed by atoms with E-state index in [1.807, 2.05) is 6.92 Å². The molecule has 0 aliphatic rings. The number of alkyl halides is 3. The van der Waals surface area contributed by atoms with Crippen LogP contribution in [0.15, 0.2) is 48.7 Å². The van der Waals surface area contributed by atoms with Crippen molar-refractivity contribution in [2.45, 2.75) is 19.8 Å². The normalized spacial score (nSPS) is 12.3. The van der Waals surface area contributed by atoms with Gasteiger partial charge in [0.2, 0.25) is 0 Å². The fraction of sp³-hybridized carbons (Fsp3) is 0.158. The molecule has 2 aromatic heterocycles. The Balaban J connectivity index is 1.76. The van der Waals surface area contributed by atoms with Gasteiger partial charge in [-0.05, 0) is 55.0 Å². The maximum Gasteiger partial charge on any atom is 0.573 e. The Morgan fingerprint density at radius 3 is 2.54 bits per heavy atom. The molecule has 0 atom stereocenters. The molecule has 0 aliphatic heterocycles. The number of ether oxygens (including phenoxy) is 1. The smallest absolute Gasteiger partial charge is 0.406 e. The summed E-state index contributed by atoms with van der Waals surface area (Å²) in [6, 6.07) is 9.71. The Kier molecular flexibility index (Phi) is 5.69. The first-order valence-corrected chi connectivity index (χ1v) is 8.46. The Morgan fingerprint density at radius 1 is 1.18 bits per heavy atom. The summed E-state index contributed by atoms with van der Waals surface area (Å²) in [6.45, 7) is 2.27. The highest BCUT2D eigenvalue weighted by atomic mass is 35.5. The zero-order chi connectivity index (χ0) is 20.3. The van der Waals surface area contributed by atoms with Crippen LogP contribution < -0.4 is 4.74 Å². The van der Waals surface area contributed by atoms with Gasteiger partial charge in [-0.25, -0.2) is 9.37 Å². The van der Waals surface area contributed by atoms with E-state index in [2.05, 4.69) is 14.8 Å². The van der Waals surface area contributed by atoms with Gasteiger partial charge in [0.25, 0.3) is 0 Å². The van der Waals surface area contributed by atoms with Gasteiger partial charge in [0.05, 0.1) is 12.2 Å². The van der Waals surface area contributed by atoms with Crippen molar-refractivity contribution in [1.82, 2.24) is 14.8 Å². The van der Waals surface area contributed by atoms with Crippen molar-refractivity contribution < 1.29 is 22.3 Å². The summed E-state index contributed by atoms with van der Waals surface area (Å²) in [6.07, 6.45) is -1.99. The summed E-state index contributed by atoms with van der Waals surface area (Å²) in [5.41, 5.74) is 2.19. The lowest BCUT2D eigenvalue weighted by Gasteiger charge is -2.08. The Bertz CT molecular complexity index is 997. The van der Waals surface area contributed by atoms with Gasteiger partial charge in [-0.15, -0.1) is 13.2 Å². The maximum atomic E-state index is 14.4. The summed E-state index contributed by atoms with van der Waals surface area (Å²) >= 11 is 5.87. The number of aryl methyl sites for hydroxylation is 1. The van der Waals surface area contributed by atoms with Crippen LogP contribution in [0, 0.1) is 6.92 Å². The molecule has 4 nitrogen and oxygen atoms in total. The first-order chi connectivity index (χ1) is 13.2. The van der Waals surface area contributed by atoms with Gasteiger partial charge in [-0.3, -0.25) is 4.68 Å². The highest BCUT2D eigenvalue weighted by Gasteiger charge is 2.31. The summed E-state index contributed by atoms with van der Waals surface area (Å²) in [4.78, 5) is 3.91. The zero-order valence-corrected chi connectivity index (χ0v) is 15.3. The highest BCUT2D eigenvalue weighted by molar-refractivity contribution is 6.29. The predicted octanol–water partition coefficient (Wildman–Crippen LogP) is 5.65. The van der Waals surface area contributed by atoms with E-state index in [-0.39, 0.29) is 5.56 Å². The number of pyridine rings is 1. The molecule has 0 radical (unpaired) electrons. The number of halogens is 5. The van der Waals surface area contributed by atoms with Crippen LogP contribution in [0.4, 0.5) is 17.6 Å². The second kappa shape index (κ2) is 8.02. The third-order valence-electron chi connectivity index (χ3n) is 3.76. The van der Waals surface area contributed by atoms with Crippen molar-refractivity contribution in [1.29, 1.82) is 0 Å². The summed E-state index contributed by atoms with van der Waals surface area (Å²) in [5.74, 6) is -1.05. The molecule has 0 fully saturated rings. The molecule has 9 heteroatoms. The van der Waals surface area contributed by atoms with Crippen molar-refractivity contribution in [3.8, 4) is 5.75 Å². The molecule has 0 saturated carbocycles. The molecule has 0 spiro atoms. The molecule has 28 heavy (non-hydrogen) atoms. The first-order valence-electron chi connectivity index (χ1n) is 8.08. The Hall–Kier alpha value is -2.87. The van der Waals surface area contributed by atoms with E-state index < -0.39 is 17.9 Å². The van der Waals surface area contributed by atoms with Crippen LogP contribution in [0.2, 0.25) is 5.15 Å². The fourth-order valence-corrected chi connectivity index (χ4v) is 2.71. The lowest BCUT2D eigenvalue weighted by atomic mass is 10.1. The minimum absolute atomic E-state index is 0.114. The molecule has 0 N–H and O–H groups in total. The van der Waals surface area contributed by atoms with Crippen LogP contribution in [0.1, 0.15) is 22.5 Å². The molecule has 3 aromatic rings. The average Bonchev–Trinajstić information content (AvgIpc) is 2.93. The second-order valence-electron chi connectivity index (χ2n) is 5.92. The van der Waals surface area contributed by atoms with Crippen molar-refractivity contribution in [2.24, 2.45) is 0 Å². The molecule has 3 rings (SSSR count). The van der Waals surface area contributed by atoms with E-state index in [9.17, 15) is 17.6 Å². The first kappa shape index (κ1) is 19.9. The predicted molar refractivity (Wildman–Crippen MR) is 97.4 cm³/mol. The molecule has 0 saturated heterocycles. The highest BCUT2D eigenvalue weighted by Crippen LogP contribution is 2.26. The minimum atomic E-state index is -4.79. The lowest BCUT2D eigenvalue weighted by molar-refractivity contribution is -0.274. The summed E-state index contributed by atoms with van der Waals surface area (Å²) < 4.78 is 56.4. The molecular formula is C19H14ClF4N3O. The van der Waals surface area contributed by atoms with Gasteiger partial charge in [0.1, 0.15) is 16.7 Å². The number of aromatic nitrogens is 3. The largest absolute Gasteiger partial charge is 0.573 e. The Morgan fingerprint density at radius 2 is 1.89 bits per heavy atom. The minimum Gasteiger partial charge on any atom is -0.406 e. The van der Waals surface area contributed by atoms with Crippen LogP contribution in [0.3, 0.4) is 0 Å². The SMILES string of the molecule is Cc1cc(C=C(F)c2ccc(OC(F)(F)F)cc2)nn1Cc1ccnc(Cl)c1. The lowest BCUT2D eigenvalue weighted by Crippen LogP contribution is -2.16. The monoisotopic (exact) mass is 411 g/mol. The molecule has 0 amide bonds. The second-order valence-corrected chi connectivity index (χ2v) is 6.31. The molecule has 0 unspecified atom stereocenters. The summed E-state index contributed by atoms with van der Waals surface area (Å²) in [5, 5.41) is 4.70. The number of hydrogen-bond acceptors (Lipinski definition) is 3. The summed E-state index contributed by atoms with van der Waals surface area (Å²) in [7, 11) is 0. The van der Waals surface area contributed by atoms with Crippen molar-refractivity contribution in [2.75, 3.05) is 0 Å². The van der Waals surface area contributed by atoms with Gasteiger partial charge in [-0.1, -0.05) is 11.6 Å². The van der Waals surface area contributed by atoms with Crippen molar-refractivity contribution >= 4 is 23.5 Å². The van der Waals surface area contributed by atoms with Gasteiger partial charge in [0, 0.05) is 23.5 Å². The molecule has 0 aliphatic carbocycles. The van der Waals surface area contributed by atoms with E-state index in [1.54, 1.807) is 29.1 Å². The molecular weight excluding hydrogens is 398 g/mol. The third-order valence-corrected chi connectivity index (χ3v) is 3.97. The van der Waals surface area contributed by atoms with Gasteiger partial charge < -0.3 is 4.74 Å². The third kappa shape index (κ3) is 5.32. The molecule has 1 aromatic carbocycles. The molecule has 2 heterocycles. The number of hydrogen-bond donors (Lipinski definition) is 0. The average molecular weight is 412 g/mol. The van der Waals surface area contributed by atoms with Crippen LogP contribution in [-0.2, 0) is 6.54 Å².